The molecule has 0 aliphatic carbocycles. The van der Waals surface area contributed by atoms with Crippen LogP contribution in [0.1, 0.15) is 18.4 Å². The highest BCUT2D eigenvalue weighted by Gasteiger charge is 2.02. The predicted molar refractivity (Wildman–Crippen MR) is 66.4 cm³/mol. The molecule has 0 aliphatic heterocycles. The van der Waals surface area contributed by atoms with Crippen molar-refractivity contribution >= 4 is 22.8 Å². The monoisotopic (exact) mass is 231 g/mol. The number of thioether (sulfide) groups is 1. The minimum atomic E-state index is 0.617. The van der Waals surface area contributed by atoms with Gasteiger partial charge in [0.1, 0.15) is 0 Å². The van der Waals surface area contributed by atoms with Crippen molar-refractivity contribution in [2.24, 2.45) is 0 Å². The van der Waals surface area contributed by atoms with Crippen molar-refractivity contribution in [2.45, 2.75) is 24.9 Å². The number of aromatic nitrogens is 2. The Morgan fingerprint density at radius 1 is 1.50 bits per heavy atom. The van der Waals surface area contributed by atoms with Crippen LogP contribution in [0.2, 0.25) is 0 Å². The number of rotatable bonds is 4. The Balaban J connectivity index is 2.06. The molecule has 0 spiro atoms. The van der Waals surface area contributed by atoms with Gasteiger partial charge in [-0.25, -0.2) is 4.98 Å². The lowest BCUT2D eigenvalue weighted by Gasteiger charge is -1.92. The van der Waals surface area contributed by atoms with Crippen molar-refractivity contribution in [1.82, 2.24) is 9.97 Å². The second-order valence-electron chi connectivity index (χ2n) is 3.67. The third-order valence-electron chi connectivity index (χ3n) is 2.29. The Labute approximate surface area is 98.9 Å². The van der Waals surface area contributed by atoms with E-state index in [-0.39, 0.29) is 0 Å². The van der Waals surface area contributed by atoms with Crippen LogP contribution in [0.4, 0.5) is 0 Å². The topological polar surface area (TPSA) is 52.5 Å². The van der Waals surface area contributed by atoms with Crippen LogP contribution >= 0.6 is 11.8 Å². The van der Waals surface area contributed by atoms with Crippen molar-refractivity contribution in [1.29, 1.82) is 5.26 Å². The van der Waals surface area contributed by atoms with Crippen LogP contribution < -0.4 is 0 Å². The SMILES string of the molecule is Cc1ccc2nc(SCCCC#N)[nH]c2c1. The first kappa shape index (κ1) is 11.0. The fourth-order valence-electron chi connectivity index (χ4n) is 1.49. The average molecular weight is 231 g/mol. The molecule has 0 aliphatic rings. The molecule has 1 N–H and O–H groups in total. The zero-order valence-corrected chi connectivity index (χ0v) is 9.97. The molecule has 0 bridgehead atoms. The second-order valence-corrected chi connectivity index (χ2v) is 4.76. The lowest BCUT2D eigenvalue weighted by Crippen LogP contribution is -1.80. The van der Waals surface area contributed by atoms with Crippen molar-refractivity contribution in [3.05, 3.63) is 23.8 Å². The van der Waals surface area contributed by atoms with Crippen LogP contribution in [0.5, 0.6) is 0 Å². The van der Waals surface area contributed by atoms with Crippen LogP contribution in [-0.2, 0) is 0 Å². The van der Waals surface area contributed by atoms with Gasteiger partial charge in [-0.2, -0.15) is 5.26 Å². The Morgan fingerprint density at radius 3 is 3.19 bits per heavy atom. The molecule has 2 aromatic rings. The maximum atomic E-state index is 8.43. The molecule has 0 amide bonds. The fourth-order valence-corrected chi connectivity index (χ4v) is 2.32. The number of aromatic amines is 1. The smallest absolute Gasteiger partial charge is 0.166 e. The Morgan fingerprint density at radius 2 is 2.38 bits per heavy atom. The molecular formula is C12H13N3S. The summed E-state index contributed by atoms with van der Waals surface area (Å²) < 4.78 is 0. The highest BCUT2D eigenvalue weighted by Crippen LogP contribution is 2.20. The minimum absolute atomic E-state index is 0.617. The maximum Gasteiger partial charge on any atom is 0.166 e. The molecule has 3 nitrogen and oxygen atoms in total. The van der Waals surface area contributed by atoms with Gasteiger partial charge in [0.15, 0.2) is 5.16 Å². The molecule has 82 valence electrons. The number of benzene rings is 1. The quantitative estimate of drug-likeness (QED) is 0.649. The maximum absolute atomic E-state index is 8.43. The number of nitrogens with zero attached hydrogens (tertiary/aromatic N) is 2. The van der Waals surface area contributed by atoms with Crippen LogP contribution in [0, 0.1) is 18.3 Å². The highest BCUT2D eigenvalue weighted by molar-refractivity contribution is 7.99. The van der Waals surface area contributed by atoms with Gasteiger partial charge in [0, 0.05) is 12.2 Å². The zero-order chi connectivity index (χ0) is 11.4. The van der Waals surface area contributed by atoms with E-state index in [1.807, 2.05) is 6.07 Å². The minimum Gasteiger partial charge on any atom is -0.333 e. The summed E-state index contributed by atoms with van der Waals surface area (Å²) in [6.45, 7) is 2.07. The number of nitrogens with one attached hydrogen (secondary N) is 1. The Kier molecular flexibility index (Phi) is 3.47. The molecule has 0 unspecified atom stereocenters. The van der Waals surface area contributed by atoms with Gasteiger partial charge in [-0.15, -0.1) is 0 Å². The summed E-state index contributed by atoms with van der Waals surface area (Å²) in [4.78, 5) is 7.76. The molecule has 0 fully saturated rings. The summed E-state index contributed by atoms with van der Waals surface area (Å²) in [6, 6.07) is 8.33. The third-order valence-corrected chi connectivity index (χ3v) is 3.25. The van der Waals surface area contributed by atoms with Crippen molar-refractivity contribution in [3.8, 4) is 6.07 Å². The van der Waals surface area contributed by atoms with Crippen molar-refractivity contribution in [2.75, 3.05) is 5.75 Å². The molecule has 0 atom stereocenters. The van der Waals surface area contributed by atoms with Gasteiger partial charge < -0.3 is 4.98 Å². The number of aryl methyl sites for hydroxylation is 1. The molecule has 16 heavy (non-hydrogen) atoms. The molecule has 0 saturated carbocycles. The number of hydrogen-bond donors (Lipinski definition) is 1. The molecule has 1 aromatic heterocycles. The molecule has 1 heterocycles. The number of hydrogen-bond acceptors (Lipinski definition) is 3. The first-order valence-electron chi connectivity index (χ1n) is 5.26. The average Bonchev–Trinajstić information content (AvgIpc) is 2.66. The summed E-state index contributed by atoms with van der Waals surface area (Å²) in [5.74, 6) is 0.937. The van der Waals surface area contributed by atoms with E-state index in [0.717, 1.165) is 28.4 Å². The van der Waals surface area contributed by atoms with E-state index in [0.29, 0.717) is 6.42 Å². The van der Waals surface area contributed by atoms with Gasteiger partial charge >= 0.3 is 0 Å². The predicted octanol–water partition coefficient (Wildman–Crippen LogP) is 3.27. The van der Waals surface area contributed by atoms with E-state index in [1.165, 1.54) is 5.56 Å². The van der Waals surface area contributed by atoms with Gasteiger partial charge in [0.05, 0.1) is 17.1 Å². The standard InChI is InChI=1S/C12H13N3S/c1-9-4-5-10-11(8-9)15-12(14-10)16-7-3-2-6-13/h4-5,8H,2-3,7H2,1H3,(H,14,15). The number of imidazole rings is 1. The van der Waals surface area contributed by atoms with E-state index in [1.54, 1.807) is 11.8 Å². The molecule has 4 heteroatoms. The van der Waals surface area contributed by atoms with E-state index in [2.05, 4.69) is 35.1 Å². The van der Waals surface area contributed by atoms with Crippen LogP contribution in [0.3, 0.4) is 0 Å². The van der Waals surface area contributed by atoms with Gasteiger partial charge in [0.2, 0.25) is 0 Å². The van der Waals surface area contributed by atoms with E-state index in [9.17, 15) is 0 Å². The molecule has 2 rings (SSSR count). The highest BCUT2D eigenvalue weighted by atomic mass is 32.2. The van der Waals surface area contributed by atoms with Crippen LogP contribution in [-0.4, -0.2) is 15.7 Å². The fraction of sp³-hybridized carbons (Fsp3) is 0.333. The molecule has 0 saturated heterocycles. The number of nitriles is 1. The summed E-state index contributed by atoms with van der Waals surface area (Å²) in [5.41, 5.74) is 3.33. The van der Waals surface area contributed by atoms with Gasteiger partial charge in [-0.05, 0) is 31.0 Å². The van der Waals surface area contributed by atoms with Crippen molar-refractivity contribution in [3.63, 3.8) is 0 Å². The third kappa shape index (κ3) is 2.56. The summed E-state index contributed by atoms with van der Waals surface area (Å²) >= 11 is 1.67. The summed E-state index contributed by atoms with van der Waals surface area (Å²) in [7, 11) is 0. The van der Waals surface area contributed by atoms with Gasteiger partial charge in [-0.1, -0.05) is 17.8 Å². The first-order valence-corrected chi connectivity index (χ1v) is 6.24. The summed E-state index contributed by atoms with van der Waals surface area (Å²) in [6.07, 6.45) is 1.53. The van der Waals surface area contributed by atoms with Gasteiger partial charge in [0.25, 0.3) is 0 Å². The van der Waals surface area contributed by atoms with E-state index < -0.39 is 0 Å². The summed E-state index contributed by atoms with van der Waals surface area (Å²) in [5, 5.41) is 9.37. The second kappa shape index (κ2) is 5.04. The molecular weight excluding hydrogens is 218 g/mol. The first-order chi connectivity index (χ1) is 7.79. The number of H-pyrrole nitrogens is 1. The molecule has 1 aromatic carbocycles. The Bertz CT molecular complexity index is 525. The molecule has 0 radical (unpaired) electrons. The number of unbranched alkanes of at least 4 members (excludes halogenated alkanes) is 1. The van der Waals surface area contributed by atoms with Crippen molar-refractivity contribution < 1.29 is 0 Å². The van der Waals surface area contributed by atoms with Gasteiger partial charge in [-0.3, -0.25) is 0 Å². The number of fused-ring (bicyclic) bond motifs is 1. The van der Waals surface area contributed by atoms with E-state index in [4.69, 9.17) is 5.26 Å². The zero-order valence-electron chi connectivity index (χ0n) is 9.16. The van der Waals surface area contributed by atoms with Crippen LogP contribution in [0.15, 0.2) is 23.4 Å². The lowest BCUT2D eigenvalue weighted by atomic mass is 10.2. The largest absolute Gasteiger partial charge is 0.333 e. The van der Waals surface area contributed by atoms with E-state index >= 15 is 0 Å². The Hall–Kier alpha value is -1.47. The van der Waals surface area contributed by atoms with Crippen LogP contribution in [0.25, 0.3) is 11.0 Å². The normalized spacial score (nSPS) is 10.5. The lowest BCUT2D eigenvalue weighted by molar-refractivity contribution is 0.972.